The summed E-state index contributed by atoms with van der Waals surface area (Å²) >= 11 is 0. The fourth-order valence-electron chi connectivity index (χ4n) is 2.66. The maximum Gasteiger partial charge on any atom is 0.289 e. The van der Waals surface area contributed by atoms with E-state index >= 15 is 0 Å². The van der Waals surface area contributed by atoms with Crippen LogP contribution in [0.2, 0.25) is 0 Å². The highest BCUT2D eigenvalue weighted by atomic mass is 32.2. The molecule has 1 aromatic heterocycles. The van der Waals surface area contributed by atoms with E-state index in [4.69, 9.17) is 5.73 Å². The minimum atomic E-state index is -4.28. The van der Waals surface area contributed by atoms with Crippen LogP contribution >= 0.6 is 0 Å². The highest BCUT2D eigenvalue weighted by molar-refractivity contribution is 7.93. The molecule has 11 nitrogen and oxygen atoms in total. The van der Waals surface area contributed by atoms with E-state index in [-0.39, 0.29) is 22.7 Å². The van der Waals surface area contributed by atoms with Crippen molar-refractivity contribution < 1.29 is 21.8 Å². The first-order valence-electron chi connectivity index (χ1n) is 8.24. The number of hydrogen-bond acceptors (Lipinski definition) is 8. The summed E-state index contributed by atoms with van der Waals surface area (Å²) in [5.41, 5.74) is 5.56. The molecule has 0 radical (unpaired) electrons. The molecule has 0 fully saturated rings. The summed E-state index contributed by atoms with van der Waals surface area (Å²) in [4.78, 5) is 13.8. The van der Waals surface area contributed by atoms with Crippen molar-refractivity contribution in [2.75, 3.05) is 10.5 Å². The molecule has 3 rings (SSSR count). The van der Waals surface area contributed by atoms with Crippen LogP contribution in [0.1, 0.15) is 13.8 Å². The standard InChI is InChI=1S/C16H17N5O6S2/c1-10(2)29(26,27)20-13-8-7-11(9-12(13)18-16(20)17)19-28(24,25)15-6-4-3-5-14(15)21(22)23/h3-10,19H,1-2H3,(H2,17,18). The van der Waals surface area contributed by atoms with Crippen LogP contribution in [-0.2, 0) is 20.0 Å². The number of rotatable bonds is 6. The zero-order valence-corrected chi connectivity index (χ0v) is 16.9. The number of nitro benzene ring substituents is 1. The van der Waals surface area contributed by atoms with E-state index in [1.54, 1.807) is 0 Å². The van der Waals surface area contributed by atoms with E-state index in [0.29, 0.717) is 0 Å². The molecular formula is C16H17N5O6S2. The van der Waals surface area contributed by atoms with Gasteiger partial charge in [-0.2, -0.15) is 0 Å². The Bertz CT molecular complexity index is 1330. The second-order valence-corrected chi connectivity index (χ2v) is 10.4. The predicted octanol–water partition coefficient (Wildman–Crippen LogP) is 1.91. The molecule has 0 amide bonds. The predicted molar refractivity (Wildman–Crippen MR) is 108 cm³/mol. The van der Waals surface area contributed by atoms with Crippen LogP contribution in [-0.4, -0.2) is 36.0 Å². The first-order valence-corrected chi connectivity index (χ1v) is 11.2. The third-order valence-corrected chi connectivity index (χ3v) is 7.60. The summed E-state index contributed by atoms with van der Waals surface area (Å²) in [6.45, 7) is 2.99. The second-order valence-electron chi connectivity index (χ2n) is 6.36. The summed E-state index contributed by atoms with van der Waals surface area (Å²) in [7, 11) is -8.06. The fourth-order valence-corrected chi connectivity index (χ4v) is 5.04. The van der Waals surface area contributed by atoms with Gasteiger partial charge in [-0.15, -0.1) is 0 Å². The van der Waals surface area contributed by atoms with Gasteiger partial charge in [0, 0.05) is 6.07 Å². The number of benzene rings is 2. The number of imidazole rings is 1. The number of para-hydroxylation sites is 1. The van der Waals surface area contributed by atoms with Crippen molar-refractivity contribution in [1.29, 1.82) is 0 Å². The van der Waals surface area contributed by atoms with Crippen LogP contribution in [0.5, 0.6) is 0 Å². The van der Waals surface area contributed by atoms with E-state index in [0.717, 1.165) is 16.1 Å². The summed E-state index contributed by atoms with van der Waals surface area (Å²) < 4.78 is 53.4. The maximum absolute atomic E-state index is 12.6. The average molecular weight is 439 g/mol. The van der Waals surface area contributed by atoms with Crippen molar-refractivity contribution in [2.45, 2.75) is 24.0 Å². The minimum Gasteiger partial charge on any atom is -0.368 e. The number of fused-ring (bicyclic) bond motifs is 1. The largest absolute Gasteiger partial charge is 0.368 e. The average Bonchev–Trinajstić information content (AvgIpc) is 2.96. The Morgan fingerprint density at radius 1 is 1.14 bits per heavy atom. The summed E-state index contributed by atoms with van der Waals surface area (Å²) in [5, 5.41) is 10.4. The van der Waals surface area contributed by atoms with Gasteiger partial charge in [-0.25, -0.2) is 25.8 Å². The topological polar surface area (TPSA) is 167 Å². The van der Waals surface area contributed by atoms with E-state index in [2.05, 4.69) is 9.71 Å². The summed E-state index contributed by atoms with van der Waals surface area (Å²) in [5.74, 6) is -0.257. The van der Waals surface area contributed by atoms with Crippen molar-refractivity contribution in [3.05, 3.63) is 52.6 Å². The minimum absolute atomic E-state index is 0.0437. The van der Waals surface area contributed by atoms with Crippen LogP contribution in [0.15, 0.2) is 47.4 Å². The number of aromatic nitrogens is 2. The molecule has 154 valence electrons. The first-order chi connectivity index (χ1) is 13.4. The van der Waals surface area contributed by atoms with Gasteiger partial charge in [-0.05, 0) is 38.1 Å². The summed E-state index contributed by atoms with van der Waals surface area (Å²) in [6, 6.07) is 8.89. The SMILES string of the molecule is CC(C)S(=O)(=O)n1c(N)nc2cc(NS(=O)(=O)c3ccccc3[N+](=O)[O-])ccc21. The smallest absolute Gasteiger partial charge is 0.289 e. The van der Waals surface area contributed by atoms with Crippen molar-refractivity contribution in [3.63, 3.8) is 0 Å². The van der Waals surface area contributed by atoms with Crippen molar-refractivity contribution in [1.82, 2.24) is 8.96 Å². The Labute approximate surface area is 166 Å². The van der Waals surface area contributed by atoms with Crippen LogP contribution in [0.25, 0.3) is 11.0 Å². The number of nitrogens with zero attached hydrogens (tertiary/aromatic N) is 3. The molecule has 1 heterocycles. The zero-order valence-electron chi connectivity index (χ0n) is 15.3. The van der Waals surface area contributed by atoms with Gasteiger partial charge in [-0.1, -0.05) is 12.1 Å². The number of anilines is 2. The molecule has 0 saturated carbocycles. The molecule has 0 unspecified atom stereocenters. The lowest BCUT2D eigenvalue weighted by molar-refractivity contribution is -0.387. The number of nitrogen functional groups attached to an aromatic ring is 1. The van der Waals surface area contributed by atoms with Gasteiger partial charge < -0.3 is 5.73 Å². The van der Waals surface area contributed by atoms with Crippen LogP contribution in [0, 0.1) is 10.1 Å². The van der Waals surface area contributed by atoms with Gasteiger partial charge >= 0.3 is 0 Å². The molecule has 3 N–H and O–H groups in total. The van der Waals surface area contributed by atoms with Crippen LogP contribution in [0.3, 0.4) is 0 Å². The molecule has 0 aliphatic carbocycles. The van der Waals surface area contributed by atoms with E-state index < -0.39 is 40.8 Å². The molecule has 0 atom stereocenters. The van der Waals surface area contributed by atoms with E-state index in [1.165, 1.54) is 44.2 Å². The third kappa shape index (κ3) is 3.61. The highest BCUT2D eigenvalue weighted by Crippen LogP contribution is 2.28. The second kappa shape index (κ2) is 7.00. The number of nitrogens with two attached hydrogens (primary N) is 1. The fraction of sp³-hybridized carbons (Fsp3) is 0.188. The first kappa shape index (κ1) is 20.5. The van der Waals surface area contributed by atoms with Gasteiger partial charge in [0.1, 0.15) is 0 Å². The molecule has 29 heavy (non-hydrogen) atoms. The maximum atomic E-state index is 12.6. The van der Waals surface area contributed by atoms with E-state index in [9.17, 15) is 26.9 Å². The Morgan fingerprint density at radius 2 is 1.79 bits per heavy atom. The number of nitrogens with one attached hydrogen (secondary N) is 1. The molecule has 0 aliphatic rings. The van der Waals surface area contributed by atoms with Gasteiger partial charge in [0.05, 0.1) is 26.9 Å². The van der Waals surface area contributed by atoms with Crippen LogP contribution in [0.4, 0.5) is 17.3 Å². The lowest BCUT2D eigenvalue weighted by Gasteiger charge is -2.11. The van der Waals surface area contributed by atoms with Crippen molar-refractivity contribution >= 4 is 48.4 Å². The molecule has 0 spiro atoms. The van der Waals surface area contributed by atoms with Gasteiger partial charge in [0.2, 0.25) is 16.0 Å². The lowest BCUT2D eigenvalue weighted by atomic mass is 10.3. The monoisotopic (exact) mass is 439 g/mol. The van der Waals surface area contributed by atoms with Gasteiger partial charge in [0.15, 0.2) is 4.90 Å². The lowest BCUT2D eigenvalue weighted by Crippen LogP contribution is -2.23. The van der Waals surface area contributed by atoms with Crippen molar-refractivity contribution in [2.24, 2.45) is 0 Å². The number of nitro groups is 1. The molecule has 2 aromatic carbocycles. The quantitative estimate of drug-likeness (QED) is 0.434. The molecule has 13 heteroatoms. The van der Waals surface area contributed by atoms with Gasteiger partial charge in [0.25, 0.3) is 15.7 Å². The molecular weight excluding hydrogens is 422 g/mol. The molecule has 3 aromatic rings. The third-order valence-electron chi connectivity index (χ3n) is 4.09. The zero-order chi connectivity index (χ0) is 21.6. The Kier molecular flexibility index (Phi) is 4.96. The Morgan fingerprint density at radius 3 is 2.41 bits per heavy atom. The number of hydrogen-bond donors (Lipinski definition) is 2. The Balaban J connectivity index is 2.06. The van der Waals surface area contributed by atoms with E-state index in [1.807, 2.05) is 0 Å². The molecule has 0 aliphatic heterocycles. The molecule has 0 bridgehead atoms. The molecule has 0 saturated heterocycles. The highest BCUT2D eigenvalue weighted by Gasteiger charge is 2.27. The Hall–Kier alpha value is -3.19. The van der Waals surface area contributed by atoms with Crippen LogP contribution < -0.4 is 10.5 Å². The number of sulfonamides is 1. The normalized spacial score (nSPS) is 12.4. The summed E-state index contributed by atoms with van der Waals surface area (Å²) in [6.07, 6.45) is 0. The van der Waals surface area contributed by atoms with Gasteiger partial charge in [-0.3, -0.25) is 14.8 Å². The van der Waals surface area contributed by atoms with Crippen molar-refractivity contribution in [3.8, 4) is 0 Å².